The van der Waals surface area contributed by atoms with E-state index in [4.69, 9.17) is 9.40 Å². The SMILES string of the molecule is C[C@]1(CO)[C@H]2Cc3sc(NC(=O)c4ccco4)nc3[C@@H](CC(=O)N3CCCCC3)[C@]2(C)CC[C@H]1O. The molecule has 5 rings (SSSR count). The van der Waals surface area contributed by atoms with E-state index in [-0.39, 0.29) is 41.4 Å². The molecule has 2 aromatic rings. The summed E-state index contributed by atoms with van der Waals surface area (Å²) < 4.78 is 5.22. The van der Waals surface area contributed by atoms with Crippen LogP contribution in [0.5, 0.6) is 0 Å². The lowest BCUT2D eigenvalue weighted by atomic mass is 9.47. The molecule has 0 aromatic carbocycles. The number of aliphatic hydroxyl groups excluding tert-OH is 2. The number of aromatic nitrogens is 1. The maximum absolute atomic E-state index is 13.4. The van der Waals surface area contributed by atoms with Crippen molar-refractivity contribution < 1.29 is 24.2 Å². The number of hydrogen-bond acceptors (Lipinski definition) is 7. The highest BCUT2D eigenvalue weighted by molar-refractivity contribution is 7.15. The van der Waals surface area contributed by atoms with Gasteiger partial charge in [-0.2, -0.15) is 0 Å². The maximum atomic E-state index is 13.4. The fraction of sp³-hybridized carbons (Fsp3) is 0.654. The number of thiazole rings is 1. The predicted molar refractivity (Wildman–Crippen MR) is 132 cm³/mol. The van der Waals surface area contributed by atoms with Gasteiger partial charge < -0.3 is 19.5 Å². The molecule has 3 aliphatic rings. The molecule has 5 atom stereocenters. The normalized spacial score (nSPS) is 32.6. The largest absolute Gasteiger partial charge is 0.459 e. The molecule has 0 bridgehead atoms. The average molecular weight is 502 g/mol. The van der Waals surface area contributed by atoms with E-state index in [1.54, 1.807) is 12.1 Å². The Labute approximate surface area is 209 Å². The van der Waals surface area contributed by atoms with Crippen molar-refractivity contribution in [1.82, 2.24) is 9.88 Å². The van der Waals surface area contributed by atoms with Gasteiger partial charge in [0.1, 0.15) is 0 Å². The zero-order valence-electron chi connectivity index (χ0n) is 20.5. The number of carbonyl (C=O) groups is 2. The minimum absolute atomic E-state index is 0.00974. The van der Waals surface area contributed by atoms with Crippen LogP contribution in [0.1, 0.15) is 79.4 Å². The minimum Gasteiger partial charge on any atom is -0.459 e. The topological polar surface area (TPSA) is 116 Å². The number of nitrogens with one attached hydrogen (secondary N) is 1. The average Bonchev–Trinajstić information content (AvgIpc) is 3.53. The third-order valence-electron chi connectivity index (χ3n) is 8.95. The van der Waals surface area contributed by atoms with E-state index in [0.29, 0.717) is 24.4 Å². The van der Waals surface area contributed by atoms with Crippen molar-refractivity contribution in [1.29, 1.82) is 0 Å². The number of piperidine rings is 1. The number of hydrogen-bond donors (Lipinski definition) is 3. The third kappa shape index (κ3) is 4.21. The van der Waals surface area contributed by atoms with Gasteiger partial charge in [0.05, 0.1) is 24.7 Å². The highest BCUT2D eigenvalue weighted by atomic mass is 32.1. The highest BCUT2D eigenvalue weighted by Crippen LogP contribution is 2.63. The number of rotatable bonds is 5. The van der Waals surface area contributed by atoms with Crippen molar-refractivity contribution in [3.63, 3.8) is 0 Å². The summed E-state index contributed by atoms with van der Waals surface area (Å²) in [5.41, 5.74) is -0.0879. The Morgan fingerprint density at radius 3 is 2.74 bits per heavy atom. The molecular weight excluding hydrogens is 466 g/mol. The molecule has 190 valence electrons. The minimum atomic E-state index is -0.668. The van der Waals surface area contributed by atoms with Crippen LogP contribution in [-0.2, 0) is 11.2 Å². The maximum Gasteiger partial charge on any atom is 0.293 e. The van der Waals surface area contributed by atoms with Crippen molar-refractivity contribution in [2.45, 2.75) is 70.8 Å². The summed E-state index contributed by atoms with van der Waals surface area (Å²) in [7, 11) is 0. The summed E-state index contributed by atoms with van der Waals surface area (Å²) >= 11 is 1.42. The fourth-order valence-electron chi connectivity index (χ4n) is 6.71. The van der Waals surface area contributed by atoms with Crippen molar-refractivity contribution >= 4 is 28.3 Å². The lowest BCUT2D eigenvalue weighted by molar-refractivity contribution is -0.147. The molecule has 0 spiro atoms. The second kappa shape index (κ2) is 9.33. The Kier molecular flexibility index (Phi) is 6.52. The van der Waals surface area contributed by atoms with Gasteiger partial charge in [-0.05, 0) is 62.0 Å². The molecule has 2 aliphatic carbocycles. The summed E-state index contributed by atoms with van der Waals surface area (Å²) in [4.78, 5) is 33.9. The van der Waals surface area contributed by atoms with Crippen molar-refractivity contribution in [3.05, 3.63) is 34.7 Å². The number of likely N-dealkylation sites (tertiary alicyclic amines) is 1. The van der Waals surface area contributed by atoms with Gasteiger partial charge in [-0.25, -0.2) is 4.98 Å². The molecule has 2 amide bonds. The molecule has 0 radical (unpaired) electrons. The van der Waals surface area contributed by atoms with Gasteiger partial charge >= 0.3 is 0 Å². The van der Waals surface area contributed by atoms with Crippen LogP contribution in [0.15, 0.2) is 22.8 Å². The second-order valence-corrected chi connectivity index (χ2v) is 12.0. The van der Waals surface area contributed by atoms with Crippen LogP contribution in [0.3, 0.4) is 0 Å². The Bertz CT molecular complexity index is 1080. The van der Waals surface area contributed by atoms with Crippen molar-refractivity contribution in [3.8, 4) is 0 Å². The number of fused-ring (bicyclic) bond motifs is 2. The molecule has 1 saturated carbocycles. The first-order valence-corrected chi connectivity index (χ1v) is 13.5. The lowest BCUT2D eigenvalue weighted by Gasteiger charge is -2.58. The monoisotopic (exact) mass is 501 g/mol. The van der Waals surface area contributed by atoms with E-state index in [2.05, 4.69) is 12.2 Å². The van der Waals surface area contributed by atoms with Crippen LogP contribution >= 0.6 is 11.3 Å². The zero-order valence-corrected chi connectivity index (χ0v) is 21.3. The number of furan rings is 1. The van der Waals surface area contributed by atoms with E-state index in [9.17, 15) is 19.8 Å². The van der Waals surface area contributed by atoms with Crippen LogP contribution in [0, 0.1) is 16.7 Å². The summed E-state index contributed by atoms with van der Waals surface area (Å²) in [6.45, 7) is 5.65. The van der Waals surface area contributed by atoms with Crippen LogP contribution in [-0.4, -0.2) is 57.7 Å². The fourth-order valence-corrected chi connectivity index (χ4v) is 7.78. The Hall–Kier alpha value is -2.23. The van der Waals surface area contributed by atoms with E-state index >= 15 is 0 Å². The number of amides is 2. The zero-order chi connectivity index (χ0) is 24.8. The molecule has 2 aromatic heterocycles. The van der Waals surface area contributed by atoms with Gasteiger partial charge in [0, 0.05) is 35.7 Å². The van der Waals surface area contributed by atoms with Crippen LogP contribution in [0.4, 0.5) is 5.13 Å². The quantitative estimate of drug-likeness (QED) is 0.574. The number of aliphatic hydroxyl groups is 2. The van der Waals surface area contributed by atoms with Gasteiger partial charge in [-0.3, -0.25) is 14.9 Å². The Balaban J connectivity index is 1.50. The van der Waals surface area contributed by atoms with Crippen LogP contribution < -0.4 is 5.32 Å². The van der Waals surface area contributed by atoms with E-state index in [1.807, 2.05) is 11.8 Å². The first kappa shape index (κ1) is 24.5. The smallest absolute Gasteiger partial charge is 0.293 e. The second-order valence-electron chi connectivity index (χ2n) is 10.9. The number of anilines is 1. The molecule has 3 heterocycles. The summed E-state index contributed by atoms with van der Waals surface area (Å²) in [6, 6.07) is 3.27. The molecule has 8 nitrogen and oxygen atoms in total. The van der Waals surface area contributed by atoms with Crippen LogP contribution in [0.2, 0.25) is 0 Å². The number of nitrogens with zero attached hydrogens (tertiary/aromatic N) is 2. The molecule has 3 N–H and O–H groups in total. The summed E-state index contributed by atoms with van der Waals surface area (Å²) in [6.07, 6.45) is 6.45. The van der Waals surface area contributed by atoms with Gasteiger partial charge in [0.25, 0.3) is 5.91 Å². The molecule has 0 unspecified atom stereocenters. The third-order valence-corrected chi connectivity index (χ3v) is 9.96. The van der Waals surface area contributed by atoms with Gasteiger partial charge in [-0.1, -0.05) is 13.8 Å². The van der Waals surface area contributed by atoms with E-state index in [0.717, 1.165) is 49.3 Å². The molecule has 1 saturated heterocycles. The molecular formula is C26H35N3O5S. The Morgan fingerprint density at radius 1 is 1.29 bits per heavy atom. The predicted octanol–water partition coefficient (Wildman–Crippen LogP) is 3.81. The lowest BCUT2D eigenvalue weighted by Crippen LogP contribution is -2.57. The Morgan fingerprint density at radius 2 is 2.06 bits per heavy atom. The first-order chi connectivity index (χ1) is 16.8. The molecule has 1 aliphatic heterocycles. The van der Waals surface area contributed by atoms with Crippen molar-refractivity contribution in [2.24, 2.45) is 16.7 Å². The van der Waals surface area contributed by atoms with Gasteiger partial charge in [0.2, 0.25) is 5.91 Å². The molecule has 35 heavy (non-hydrogen) atoms. The van der Waals surface area contributed by atoms with E-state index < -0.39 is 11.5 Å². The van der Waals surface area contributed by atoms with E-state index in [1.165, 1.54) is 17.6 Å². The standard InChI is InChI=1S/C26H35N3O5S/c1-25-9-8-20(31)26(2,15-30)19(25)14-18-22(16(25)13-21(32)29-10-4-3-5-11-29)27-24(35-18)28-23(33)17-7-6-12-34-17/h6-7,12,16,19-20,30-31H,3-5,8-11,13-15H2,1-2H3,(H,27,28,33)/t16-,19+,20-,25+,26+/m1/s1. The first-order valence-electron chi connectivity index (χ1n) is 12.7. The van der Waals surface area contributed by atoms with Crippen LogP contribution in [0.25, 0.3) is 0 Å². The van der Waals surface area contributed by atoms with Crippen molar-refractivity contribution in [2.75, 3.05) is 25.0 Å². The number of carbonyl (C=O) groups excluding carboxylic acids is 2. The highest BCUT2D eigenvalue weighted by Gasteiger charge is 2.59. The van der Waals surface area contributed by atoms with Gasteiger partial charge in [-0.15, -0.1) is 11.3 Å². The van der Waals surface area contributed by atoms with Gasteiger partial charge in [0.15, 0.2) is 10.9 Å². The summed E-state index contributed by atoms with van der Waals surface area (Å²) in [5.74, 6) is -0.152. The molecule has 2 fully saturated rings. The molecule has 9 heteroatoms. The summed E-state index contributed by atoms with van der Waals surface area (Å²) in [5, 5.41) is 24.7.